The first kappa shape index (κ1) is 45.7. The predicted molar refractivity (Wildman–Crippen MR) is 214 cm³/mol. The van der Waals surface area contributed by atoms with Crippen molar-refractivity contribution in [1.82, 2.24) is 0 Å². The van der Waals surface area contributed by atoms with Crippen molar-refractivity contribution >= 4 is 0 Å². The predicted octanol–water partition coefficient (Wildman–Crippen LogP) is 16.4. The molecule has 0 aromatic heterocycles. The van der Waals surface area contributed by atoms with E-state index in [0.717, 1.165) is 59.2 Å². The second-order valence-electron chi connectivity index (χ2n) is 18.1. The molecule has 0 saturated carbocycles. The summed E-state index contributed by atoms with van der Waals surface area (Å²) in [4.78, 5) is 0. The molecule has 0 fully saturated rings. The van der Waals surface area contributed by atoms with Gasteiger partial charge in [0.05, 0.1) is 0 Å². The molecule has 0 saturated heterocycles. The van der Waals surface area contributed by atoms with Gasteiger partial charge in [-0.3, -0.25) is 0 Å². The van der Waals surface area contributed by atoms with Crippen LogP contribution in [0.5, 0.6) is 0 Å². The number of hydrogen-bond donors (Lipinski definition) is 0. The molecule has 276 valence electrons. The molecule has 0 bridgehead atoms. The molecule has 46 heavy (non-hydrogen) atoms. The molecular formula is C46H92. The first-order chi connectivity index (χ1) is 21.7. The minimum atomic E-state index is 0.409. The third kappa shape index (κ3) is 19.7. The average molecular weight is 645 g/mol. The molecule has 0 radical (unpaired) electrons. The van der Waals surface area contributed by atoms with Crippen molar-refractivity contribution < 1.29 is 0 Å². The number of rotatable bonds is 30. The summed E-state index contributed by atoms with van der Waals surface area (Å²) in [7, 11) is 0. The SMILES string of the molecule is CCCCCC(C)CC(CCCCCCC(C)CC)C(C)CC(CC=CCCC(C)C(C)C)(CCC(C)CC)C(C)C(C)C(C)C. The number of hydrogen-bond acceptors (Lipinski definition) is 0. The average Bonchev–Trinajstić information content (AvgIpc) is 3.02. The van der Waals surface area contributed by atoms with Gasteiger partial charge in [0.15, 0.2) is 0 Å². The zero-order valence-corrected chi connectivity index (χ0v) is 34.9. The van der Waals surface area contributed by atoms with E-state index in [1.54, 1.807) is 0 Å². The Morgan fingerprint density at radius 2 is 1.09 bits per heavy atom. The van der Waals surface area contributed by atoms with Crippen molar-refractivity contribution in [2.24, 2.45) is 64.6 Å². The molecule has 0 spiro atoms. The molecule has 0 heterocycles. The maximum absolute atomic E-state index is 2.70. The van der Waals surface area contributed by atoms with Crippen LogP contribution in [0.3, 0.4) is 0 Å². The van der Waals surface area contributed by atoms with Gasteiger partial charge < -0.3 is 0 Å². The van der Waals surface area contributed by atoms with E-state index in [-0.39, 0.29) is 0 Å². The monoisotopic (exact) mass is 645 g/mol. The van der Waals surface area contributed by atoms with Crippen molar-refractivity contribution in [2.45, 2.75) is 219 Å². The lowest BCUT2D eigenvalue weighted by molar-refractivity contribution is 0.0411. The summed E-state index contributed by atoms with van der Waals surface area (Å²) in [5.74, 6) is 8.15. The summed E-state index contributed by atoms with van der Waals surface area (Å²) < 4.78 is 0. The van der Waals surface area contributed by atoms with Gasteiger partial charge in [-0.1, -0.05) is 193 Å². The van der Waals surface area contributed by atoms with Crippen LogP contribution >= 0.6 is 0 Å². The van der Waals surface area contributed by atoms with E-state index in [2.05, 4.69) is 109 Å². The van der Waals surface area contributed by atoms with Gasteiger partial charge in [-0.2, -0.15) is 0 Å². The van der Waals surface area contributed by atoms with Crippen molar-refractivity contribution in [1.29, 1.82) is 0 Å². The highest BCUT2D eigenvalue weighted by Gasteiger charge is 2.40. The Bertz CT molecular complexity index is 701. The van der Waals surface area contributed by atoms with Gasteiger partial charge in [0.25, 0.3) is 0 Å². The third-order valence-electron chi connectivity index (χ3n) is 13.5. The molecule has 0 aromatic carbocycles. The highest BCUT2D eigenvalue weighted by molar-refractivity contribution is 4.97. The van der Waals surface area contributed by atoms with Gasteiger partial charge in [0.1, 0.15) is 0 Å². The van der Waals surface area contributed by atoms with E-state index in [9.17, 15) is 0 Å². The topological polar surface area (TPSA) is 0 Å². The lowest BCUT2D eigenvalue weighted by Gasteiger charge is -2.46. The second-order valence-corrected chi connectivity index (χ2v) is 18.1. The third-order valence-corrected chi connectivity index (χ3v) is 13.5. The van der Waals surface area contributed by atoms with Gasteiger partial charge in [-0.15, -0.1) is 0 Å². The summed E-state index contributed by atoms with van der Waals surface area (Å²) in [6, 6.07) is 0. The Morgan fingerprint density at radius 1 is 0.522 bits per heavy atom. The lowest BCUT2D eigenvalue weighted by Crippen LogP contribution is -2.38. The van der Waals surface area contributed by atoms with E-state index >= 15 is 0 Å². The highest BCUT2D eigenvalue weighted by atomic mass is 14.5. The maximum Gasteiger partial charge on any atom is -0.0232 e. The van der Waals surface area contributed by atoms with Crippen LogP contribution in [0, 0.1) is 64.6 Å². The first-order valence-corrected chi connectivity index (χ1v) is 21.4. The Hall–Kier alpha value is -0.260. The zero-order chi connectivity index (χ0) is 35.1. The number of unbranched alkanes of at least 4 members (excludes halogenated alkanes) is 5. The van der Waals surface area contributed by atoms with Gasteiger partial charge in [0.2, 0.25) is 0 Å². The zero-order valence-electron chi connectivity index (χ0n) is 34.9. The molecule has 9 unspecified atom stereocenters. The van der Waals surface area contributed by atoms with Crippen LogP contribution in [-0.4, -0.2) is 0 Å². The van der Waals surface area contributed by atoms with Gasteiger partial charge in [-0.25, -0.2) is 0 Å². The van der Waals surface area contributed by atoms with Crippen molar-refractivity contribution in [3.8, 4) is 0 Å². The van der Waals surface area contributed by atoms with E-state index in [0.29, 0.717) is 5.41 Å². The normalized spacial score (nSPS) is 19.2. The largest absolute Gasteiger partial charge is 0.0885 e. The van der Waals surface area contributed by atoms with Crippen molar-refractivity contribution in [3.63, 3.8) is 0 Å². The molecule has 0 aliphatic heterocycles. The molecule has 0 aliphatic rings. The second kappa shape index (κ2) is 26.6. The van der Waals surface area contributed by atoms with Crippen LogP contribution in [0.1, 0.15) is 219 Å². The Morgan fingerprint density at radius 3 is 1.65 bits per heavy atom. The summed E-state index contributed by atoms with van der Waals surface area (Å²) in [6.45, 7) is 34.8. The molecule has 0 amide bonds. The minimum absolute atomic E-state index is 0.409. The van der Waals surface area contributed by atoms with Crippen LogP contribution < -0.4 is 0 Å². The van der Waals surface area contributed by atoms with Gasteiger partial charge in [0, 0.05) is 0 Å². The molecule has 0 aliphatic carbocycles. The van der Waals surface area contributed by atoms with Crippen LogP contribution in [0.15, 0.2) is 12.2 Å². The smallest absolute Gasteiger partial charge is 0.0232 e. The quantitative estimate of drug-likeness (QED) is 0.0539. The van der Waals surface area contributed by atoms with E-state index < -0.39 is 0 Å². The molecule has 0 heteroatoms. The molecule has 9 atom stereocenters. The van der Waals surface area contributed by atoms with Crippen LogP contribution in [0.25, 0.3) is 0 Å². The standard InChI is InChI=1S/C46H92/c1-15-18-22-28-40(10)34-45(30-25-20-19-23-27-38(8)16-2)42(12)35-46(33-31-39(9)17-3,44(14)43(13)37(6)7)32-26-21-24-29-41(11)36(4)5/h21,26,36-45H,15-20,22-25,27-35H2,1-14H3. The van der Waals surface area contributed by atoms with E-state index in [1.807, 2.05) is 0 Å². The summed E-state index contributed by atoms with van der Waals surface area (Å²) in [5.41, 5.74) is 0.409. The summed E-state index contributed by atoms with van der Waals surface area (Å²) in [6.07, 6.45) is 31.7. The van der Waals surface area contributed by atoms with Crippen molar-refractivity contribution in [3.05, 3.63) is 12.2 Å². The summed E-state index contributed by atoms with van der Waals surface area (Å²) in [5, 5.41) is 0. The molecule has 0 nitrogen and oxygen atoms in total. The van der Waals surface area contributed by atoms with Crippen LogP contribution in [0.2, 0.25) is 0 Å². The minimum Gasteiger partial charge on any atom is -0.0885 e. The fourth-order valence-electron chi connectivity index (χ4n) is 8.17. The first-order valence-electron chi connectivity index (χ1n) is 21.4. The molecule has 0 N–H and O–H groups in total. The fraction of sp³-hybridized carbons (Fsp3) is 0.957. The van der Waals surface area contributed by atoms with E-state index in [1.165, 1.54) is 122 Å². The molecular weight excluding hydrogens is 553 g/mol. The highest BCUT2D eigenvalue weighted by Crippen LogP contribution is 2.50. The van der Waals surface area contributed by atoms with Crippen LogP contribution in [0.4, 0.5) is 0 Å². The van der Waals surface area contributed by atoms with Gasteiger partial charge in [-0.05, 0) is 103 Å². The summed E-state index contributed by atoms with van der Waals surface area (Å²) >= 11 is 0. The molecule has 0 rings (SSSR count). The number of allylic oxidation sites excluding steroid dienone is 2. The Balaban J connectivity index is 6.14. The maximum atomic E-state index is 2.70. The Kier molecular flexibility index (Phi) is 26.4. The van der Waals surface area contributed by atoms with Crippen LogP contribution in [-0.2, 0) is 0 Å². The molecule has 0 aromatic rings. The van der Waals surface area contributed by atoms with Crippen molar-refractivity contribution in [2.75, 3.05) is 0 Å². The Labute approximate surface area is 294 Å². The van der Waals surface area contributed by atoms with E-state index in [4.69, 9.17) is 0 Å². The van der Waals surface area contributed by atoms with Gasteiger partial charge >= 0.3 is 0 Å². The fourth-order valence-corrected chi connectivity index (χ4v) is 8.17. The lowest BCUT2D eigenvalue weighted by atomic mass is 9.58.